The molecule has 1 aromatic carbocycles. The molecule has 0 bridgehead atoms. The fraction of sp³-hybridized carbons (Fsp3) is 0.462. The molecule has 0 radical (unpaired) electrons. The van der Waals surface area contributed by atoms with Crippen molar-refractivity contribution in [2.75, 3.05) is 6.61 Å². The number of hydrogen-bond acceptors (Lipinski definition) is 4. The summed E-state index contributed by atoms with van der Waals surface area (Å²) in [5, 5.41) is 13.1. The van der Waals surface area contributed by atoms with E-state index in [0.29, 0.717) is 13.0 Å². The molecular weight excluding hydrogens is 298 g/mol. The van der Waals surface area contributed by atoms with Crippen LogP contribution < -0.4 is 5.32 Å². The number of halogens is 1. The SMILES string of the molecule is CCC(NC1CCOC1=O)c1cc(Br)ccc1O. The highest BCUT2D eigenvalue weighted by Gasteiger charge is 2.29. The first kappa shape index (κ1) is 13.4. The predicted molar refractivity (Wildman–Crippen MR) is 71.3 cm³/mol. The lowest BCUT2D eigenvalue weighted by molar-refractivity contribution is -0.139. The summed E-state index contributed by atoms with van der Waals surface area (Å²) in [6.45, 7) is 2.48. The van der Waals surface area contributed by atoms with Crippen molar-refractivity contribution in [3.05, 3.63) is 28.2 Å². The molecule has 1 fully saturated rings. The summed E-state index contributed by atoms with van der Waals surface area (Å²) in [6, 6.07) is 4.98. The number of nitrogens with one attached hydrogen (secondary N) is 1. The van der Waals surface area contributed by atoms with Crippen LogP contribution in [-0.2, 0) is 9.53 Å². The number of aromatic hydroxyl groups is 1. The summed E-state index contributed by atoms with van der Waals surface area (Å²) in [7, 11) is 0. The van der Waals surface area contributed by atoms with Crippen molar-refractivity contribution in [2.24, 2.45) is 0 Å². The summed E-state index contributed by atoms with van der Waals surface area (Å²) in [5.41, 5.74) is 0.798. The number of carbonyl (C=O) groups is 1. The Morgan fingerprint density at radius 1 is 1.61 bits per heavy atom. The van der Waals surface area contributed by atoms with Crippen molar-refractivity contribution in [3.63, 3.8) is 0 Å². The van der Waals surface area contributed by atoms with E-state index in [2.05, 4.69) is 21.2 Å². The maximum Gasteiger partial charge on any atom is 0.323 e. The van der Waals surface area contributed by atoms with Gasteiger partial charge in [-0.15, -0.1) is 0 Å². The smallest absolute Gasteiger partial charge is 0.323 e. The number of phenols is 1. The van der Waals surface area contributed by atoms with E-state index < -0.39 is 0 Å². The van der Waals surface area contributed by atoms with Gasteiger partial charge in [0.25, 0.3) is 0 Å². The molecule has 1 heterocycles. The van der Waals surface area contributed by atoms with Crippen LogP contribution in [0.4, 0.5) is 0 Å². The third-order valence-corrected chi connectivity index (χ3v) is 3.60. The lowest BCUT2D eigenvalue weighted by Gasteiger charge is -2.21. The second-order valence-corrected chi connectivity index (χ2v) is 5.26. The van der Waals surface area contributed by atoms with E-state index in [0.717, 1.165) is 16.5 Å². The van der Waals surface area contributed by atoms with Gasteiger partial charge in [-0.2, -0.15) is 0 Å². The monoisotopic (exact) mass is 313 g/mol. The fourth-order valence-corrected chi connectivity index (χ4v) is 2.50. The van der Waals surface area contributed by atoms with Crippen LogP contribution >= 0.6 is 15.9 Å². The standard InChI is InChI=1S/C13H16BrNO3/c1-2-10(15-11-5-6-18-13(11)17)9-7-8(14)3-4-12(9)16/h3-4,7,10-11,15-16H,2,5-6H2,1H3. The molecule has 4 nitrogen and oxygen atoms in total. The molecule has 0 spiro atoms. The molecule has 1 saturated heterocycles. The highest BCUT2D eigenvalue weighted by Crippen LogP contribution is 2.30. The molecule has 1 aliphatic heterocycles. The van der Waals surface area contributed by atoms with Crippen molar-refractivity contribution in [1.82, 2.24) is 5.32 Å². The maximum atomic E-state index is 11.5. The van der Waals surface area contributed by atoms with E-state index in [1.807, 2.05) is 13.0 Å². The summed E-state index contributed by atoms with van der Waals surface area (Å²) in [5.74, 6) is 0.0341. The molecule has 0 amide bonds. The van der Waals surface area contributed by atoms with Gasteiger partial charge in [0.05, 0.1) is 6.61 Å². The van der Waals surface area contributed by atoms with Gasteiger partial charge in [-0.05, 0) is 24.6 Å². The first-order valence-corrected chi connectivity index (χ1v) is 6.82. The summed E-state index contributed by atoms with van der Waals surface area (Å²) < 4.78 is 5.83. The molecule has 2 N–H and O–H groups in total. The molecule has 0 aliphatic carbocycles. The van der Waals surface area contributed by atoms with E-state index >= 15 is 0 Å². The molecule has 98 valence electrons. The van der Waals surface area contributed by atoms with Crippen molar-refractivity contribution in [1.29, 1.82) is 0 Å². The third-order valence-electron chi connectivity index (χ3n) is 3.11. The first-order valence-electron chi connectivity index (χ1n) is 6.03. The molecule has 1 aliphatic rings. The highest BCUT2D eigenvalue weighted by molar-refractivity contribution is 9.10. The van der Waals surface area contributed by atoms with Gasteiger partial charge in [0.15, 0.2) is 0 Å². The Morgan fingerprint density at radius 2 is 2.39 bits per heavy atom. The van der Waals surface area contributed by atoms with Gasteiger partial charge in [0.1, 0.15) is 11.8 Å². The number of cyclic esters (lactones) is 1. The van der Waals surface area contributed by atoms with Gasteiger partial charge < -0.3 is 9.84 Å². The number of esters is 1. The van der Waals surface area contributed by atoms with Crippen LogP contribution in [0.3, 0.4) is 0 Å². The second-order valence-electron chi connectivity index (χ2n) is 4.34. The fourth-order valence-electron chi connectivity index (χ4n) is 2.12. The molecule has 1 aromatic rings. The molecular formula is C13H16BrNO3. The third kappa shape index (κ3) is 2.84. The number of ether oxygens (including phenoxy) is 1. The van der Waals surface area contributed by atoms with Crippen molar-refractivity contribution in [3.8, 4) is 5.75 Å². The number of carbonyl (C=O) groups excluding carboxylic acids is 1. The Morgan fingerprint density at radius 3 is 3.00 bits per heavy atom. The predicted octanol–water partition coefficient (Wildman–Crippen LogP) is 2.51. The van der Waals surface area contributed by atoms with Crippen LogP contribution in [0.15, 0.2) is 22.7 Å². The van der Waals surface area contributed by atoms with Gasteiger partial charge in [0, 0.05) is 22.5 Å². The van der Waals surface area contributed by atoms with Gasteiger partial charge >= 0.3 is 5.97 Å². The quantitative estimate of drug-likeness (QED) is 0.839. The molecule has 18 heavy (non-hydrogen) atoms. The Bertz CT molecular complexity index is 450. The zero-order valence-electron chi connectivity index (χ0n) is 10.1. The number of benzene rings is 1. The summed E-state index contributed by atoms with van der Waals surface area (Å²) in [4.78, 5) is 11.5. The normalized spacial score (nSPS) is 20.8. The average Bonchev–Trinajstić information content (AvgIpc) is 2.75. The van der Waals surface area contributed by atoms with E-state index in [9.17, 15) is 9.90 Å². The van der Waals surface area contributed by atoms with Crippen LogP contribution in [0, 0.1) is 0 Å². The molecule has 0 aromatic heterocycles. The summed E-state index contributed by atoms with van der Waals surface area (Å²) in [6.07, 6.45) is 1.47. The molecule has 2 unspecified atom stereocenters. The average molecular weight is 314 g/mol. The van der Waals surface area contributed by atoms with E-state index in [1.165, 1.54) is 0 Å². The van der Waals surface area contributed by atoms with Crippen LogP contribution in [0.2, 0.25) is 0 Å². The molecule has 2 atom stereocenters. The first-order chi connectivity index (χ1) is 8.61. The largest absolute Gasteiger partial charge is 0.508 e. The number of rotatable bonds is 4. The van der Waals surface area contributed by atoms with Crippen molar-refractivity contribution in [2.45, 2.75) is 31.8 Å². The zero-order valence-corrected chi connectivity index (χ0v) is 11.7. The van der Waals surface area contributed by atoms with Gasteiger partial charge in [-0.1, -0.05) is 22.9 Å². The van der Waals surface area contributed by atoms with Crippen molar-refractivity contribution >= 4 is 21.9 Å². The van der Waals surface area contributed by atoms with Crippen LogP contribution in [-0.4, -0.2) is 23.7 Å². The Kier molecular flexibility index (Phi) is 4.24. The molecule has 0 saturated carbocycles. The second kappa shape index (κ2) is 5.71. The Labute approximate surface area is 114 Å². The van der Waals surface area contributed by atoms with Crippen molar-refractivity contribution < 1.29 is 14.6 Å². The highest BCUT2D eigenvalue weighted by atomic mass is 79.9. The topological polar surface area (TPSA) is 58.6 Å². The maximum absolute atomic E-state index is 11.5. The van der Waals surface area contributed by atoms with Gasteiger partial charge in [-0.25, -0.2) is 0 Å². The Hall–Kier alpha value is -1.07. The lowest BCUT2D eigenvalue weighted by Crippen LogP contribution is -2.36. The van der Waals surface area contributed by atoms with E-state index in [1.54, 1.807) is 12.1 Å². The van der Waals surface area contributed by atoms with E-state index in [4.69, 9.17) is 4.74 Å². The minimum Gasteiger partial charge on any atom is -0.508 e. The number of hydrogen-bond donors (Lipinski definition) is 2. The zero-order chi connectivity index (χ0) is 13.1. The molecule has 2 rings (SSSR count). The van der Waals surface area contributed by atoms with Crippen LogP contribution in [0.1, 0.15) is 31.4 Å². The van der Waals surface area contributed by atoms with Crippen LogP contribution in [0.25, 0.3) is 0 Å². The molecule has 5 heteroatoms. The van der Waals surface area contributed by atoms with E-state index in [-0.39, 0.29) is 23.8 Å². The van der Waals surface area contributed by atoms with Gasteiger partial charge in [-0.3, -0.25) is 10.1 Å². The minimum atomic E-state index is -0.270. The Balaban J connectivity index is 2.17. The number of phenolic OH excluding ortho intramolecular Hbond substituents is 1. The van der Waals surface area contributed by atoms with Crippen LogP contribution in [0.5, 0.6) is 5.75 Å². The summed E-state index contributed by atoms with van der Waals surface area (Å²) >= 11 is 3.39. The van der Waals surface area contributed by atoms with Gasteiger partial charge in [0.2, 0.25) is 0 Å². The lowest BCUT2D eigenvalue weighted by atomic mass is 10.0. The minimum absolute atomic E-state index is 0.0573.